The molecular weight excluding hydrogens is 268 g/mol. The van der Waals surface area contributed by atoms with E-state index in [1.165, 1.54) is 5.56 Å². The molecule has 3 unspecified atom stereocenters. The molecule has 2 rings (SSSR count). The molecular formula is C16H24N2OS. The van der Waals surface area contributed by atoms with Crippen LogP contribution in [0.4, 0.5) is 5.69 Å². The van der Waals surface area contributed by atoms with Crippen molar-refractivity contribution in [3.63, 3.8) is 0 Å². The summed E-state index contributed by atoms with van der Waals surface area (Å²) in [7, 11) is 0. The molecule has 110 valence electrons. The molecule has 1 amide bonds. The van der Waals surface area contributed by atoms with Crippen LogP contribution < -0.4 is 5.73 Å². The molecule has 3 nitrogen and oxygen atoms in total. The fourth-order valence-corrected chi connectivity index (χ4v) is 4.04. The second-order valence-electron chi connectivity index (χ2n) is 5.83. The van der Waals surface area contributed by atoms with Crippen molar-refractivity contribution < 1.29 is 4.79 Å². The van der Waals surface area contributed by atoms with E-state index in [0.29, 0.717) is 16.9 Å². The maximum absolute atomic E-state index is 12.4. The third kappa shape index (κ3) is 3.92. The summed E-state index contributed by atoms with van der Waals surface area (Å²) in [6.07, 6.45) is 0.577. The van der Waals surface area contributed by atoms with E-state index in [1.54, 1.807) is 0 Å². The van der Waals surface area contributed by atoms with Gasteiger partial charge < -0.3 is 10.6 Å². The van der Waals surface area contributed by atoms with E-state index in [4.69, 9.17) is 5.73 Å². The van der Waals surface area contributed by atoms with Gasteiger partial charge in [0.15, 0.2) is 0 Å². The highest BCUT2D eigenvalue weighted by molar-refractivity contribution is 8.00. The average Bonchev–Trinajstić information content (AvgIpc) is 2.38. The average molecular weight is 292 g/mol. The van der Waals surface area contributed by atoms with E-state index in [9.17, 15) is 4.79 Å². The van der Waals surface area contributed by atoms with Gasteiger partial charge in [-0.2, -0.15) is 11.8 Å². The van der Waals surface area contributed by atoms with Crippen LogP contribution >= 0.6 is 11.8 Å². The van der Waals surface area contributed by atoms with Crippen LogP contribution in [0.5, 0.6) is 0 Å². The van der Waals surface area contributed by atoms with Gasteiger partial charge in [-0.05, 0) is 23.6 Å². The number of carbonyl (C=O) groups is 1. The fourth-order valence-electron chi connectivity index (χ4n) is 2.71. The number of carbonyl (C=O) groups excluding carboxylic acids is 1. The van der Waals surface area contributed by atoms with Gasteiger partial charge in [-0.3, -0.25) is 4.79 Å². The van der Waals surface area contributed by atoms with Gasteiger partial charge in [-0.15, -0.1) is 0 Å². The predicted molar refractivity (Wildman–Crippen MR) is 87.0 cm³/mol. The topological polar surface area (TPSA) is 46.3 Å². The molecule has 1 aliphatic heterocycles. The van der Waals surface area contributed by atoms with Crippen molar-refractivity contribution in [2.24, 2.45) is 0 Å². The second kappa shape index (κ2) is 6.53. The number of thioether (sulfide) groups is 1. The highest BCUT2D eigenvalue weighted by Gasteiger charge is 2.26. The van der Waals surface area contributed by atoms with Crippen LogP contribution in [-0.4, -0.2) is 34.4 Å². The molecule has 1 heterocycles. The van der Waals surface area contributed by atoms with E-state index < -0.39 is 0 Å². The lowest BCUT2D eigenvalue weighted by Crippen LogP contribution is -2.44. The number of nitrogens with two attached hydrogens (primary N) is 1. The van der Waals surface area contributed by atoms with Gasteiger partial charge in [-0.25, -0.2) is 0 Å². The van der Waals surface area contributed by atoms with Gasteiger partial charge in [-0.1, -0.05) is 32.9 Å². The van der Waals surface area contributed by atoms with E-state index in [2.05, 4.69) is 20.8 Å². The molecule has 3 atom stereocenters. The molecule has 2 N–H and O–H groups in total. The molecule has 1 fully saturated rings. The van der Waals surface area contributed by atoms with Crippen LogP contribution in [0.3, 0.4) is 0 Å². The van der Waals surface area contributed by atoms with Crippen molar-refractivity contribution in [3.8, 4) is 0 Å². The number of hydrogen-bond donors (Lipinski definition) is 1. The Morgan fingerprint density at radius 2 is 1.85 bits per heavy atom. The number of benzene rings is 1. The summed E-state index contributed by atoms with van der Waals surface area (Å²) in [4.78, 5) is 14.5. The molecule has 0 aliphatic carbocycles. The third-order valence-corrected chi connectivity index (χ3v) is 4.99. The predicted octanol–water partition coefficient (Wildman–Crippen LogP) is 3.11. The van der Waals surface area contributed by atoms with Crippen molar-refractivity contribution in [1.82, 2.24) is 4.90 Å². The summed E-state index contributed by atoms with van der Waals surface area (Å²) >= 11 is 1.97. The summed E-state index contributed by atoms with van der Waals surface area (Å²) in [5.74, 6) is 0.511. The van der Waals surface area contributed by atoms with E-state index in [-0.39, 0.29) is 11.8 Å². The van der Waals surface area contributed by atoms with Crippen molar-refractivity contribution in [2.75, 3.05) is 18.8 Å². The minimum absolute atomic E-state index is 0.239. The van der Waals surface area contributed by atoms with Crippen molar-refractivity contribution >= 4 is 23.4 Å². The van der Waals surface area contributed by atoms with E-state index >= 15 is 0 Å². The zero-order valence-electron chi connectivity index (χ0n) is 12.5. The van der Waals surface area contributed by atoms with Crippen LogP contribution in [0.15, 0.2) is 24.3 Å². The Morgan fingerprint density at radius 1 is 1.30 bits per heavy atom. The number of amides is 1. The monoisotopic (exact) mass is 292 g/mol. The minimum Gasteiger partial charge on any atom is -0.399 e. The van der Waals surface area contributed by atoms with E-state index in [1.807, 2.05) is 40.9 Å². The maximum atomic E-state index is 12.4. The number of hydrogen-bond acceptors (Lipinski definition) is 3. The highest BCUT2D eigenvalue weighted by Crippen LogP contribution is 2.27. The summed E-state index contributed by atoms with van der Waals surface area (Å²) in [6, 6.07) is 7.84. The lowest BCUT2D eigenvalue weighted by atomic mass is 9.97. The SMILES string of the molecule is CC1CN(C(=O)CC(C)c2ccc(N)cc2)CC(C)S1. The summed E-state index contributed by atoms with van der Waals surface area (Å²) in [6.45, 7) is 8.26. The molecule has 0 saturated carbocycles. The summed E-state index contributed by atoms with van der Waals surface area (Å²) < 4.78 is 0. The Labute approximate surface area is 125 Å². The fraction of sp³-hybridized carbons (Fsp3) is 0.562. The zero-order chi connectivity index (χ0) is 14.7. The van der Waals surface area contributed by atoms with Crippen LogP contribution in [0.1, 0.15) is 38.7 Å². The molecule has 1 aliphatic rings. The van der Waals surface area contributed by atoms with Gasteiger partial charge in [0, 0.05) is 35.7 Å². The number of nitrogen functional groups attached to an aromatic ring is 1. The van der Waals surface area contributed by atoms with Crippen LogP contribution in [0.25, 0.3) is 0 Å². The molecule has 0 radical (unpaired) electrons. The Bertz CT molecular complexity index is 450. The molecule has 20 heavy (non-hydrogen) atoms. The van der Waals surface area contributed by atoms with Crippen LogP contribution in [0.2, 0.25) is 0 Å². The number of rotatable bonds is 3. The van der Waals surface area contributed by atoms with Gasteiger partial charge in [0.25, 0.3) is 0 Å². The quantitative estimate of drug-likeness (QED) is 0.871. The van der Waals surface area contributed by atoms with Gasteiger partial charge in [0.05, 0.1) is 0 Å². The maximum Gasteiger partial charge on any atom is 0.223 e. The standard InChI is InChI=1S/C16H24N2OS/c1-11(14-4-6-15(17)7-5-14)8-16(19)18-9-12(2)20-13(3)10-18/h4-7,11-13H,8-10,17H2,1-3H3. The molecule has 4 heteroatoms. The smallest absolute Gasteiger partial charge is 0.223 e. The van der Waals surface area contributed by atoms with Gasteiger partial charge >= 0.3 is 0 Å². The first-order valence-corrected chi connectivity index (χ1v) is 8.18. The highest BCUT2D eigenvalue weighted by atomic mass is 32.2. The van der Waals surface area contributed by atoms with Crippen LogP contribution in [0, 0.1) is 0 Å². The summed E-state index contributed by atoms with van der Waals surface area (Å²) in [5, 5.41) is 1.07. The number of anilines is 1. The molecule has 1 saturated heterocycles. The second-order valence-corrected chi connectivity index (χ2v) is 7.71. The Balaban J connectivity index is 1.95. The summed E-state index contributed by atoms with van der Waals surface area (Å²) in [5.41, 5.74) is 7.65. The van der Waals surface area contributed by atoms with Crippen molar-refractivity contribution in [2.45, 2.75) is 43.6 Å². The first kappa shape index (κ1) is 15.2. The van der Waals surface area contributed by atoms with Crippen molar-refractivity contribution in [3.05, 3.63) is 29.8 Å². The molecule has 1 aromatic rings. The first-order chi connectivity index (χ1) is 9.45. The van der Waals surface area contributed by atoms with E-state index in [0.717, 1.165) is 18.8 Å². The normalized spacial score (nSPS) is 24.4. The Morgan fingerprint density at radius 3 is 2.40 bits per heavy atom. The molecule has 0 spiro atoms. The molecule has 0 bridgehead atoms. The van der Waals surface area contributed by atoms with Crippen molar-refractivity contribution in [1.29, 1.82) is 0 Å². The Kier molecular flexibility index (Phi) is 4.97. The first-order valence-electron chi connectivity index (χ1n) is 7.24. The molecule has 0 aromatic heterocycles. The lowest BCUT2D eigenvalue weighted by molar-refractivity contribution is -0.131. The van der Waals surface area contributed by atoms with Gasteiger partial charge in [0.1, 0.15) is 0 Å². The third-order valence-electron chi connectivity index (χ3n) is 3.76. The van der Waals surface area contributed by atoms with Crippen LogP contribution in [-0.2, 0) is 4.79 Å². The number of nitrogens with zero attached hydrogens (tertiary/aromatic N) is 1. The molecule has 1 aromatic carbocycles. The zero-order valence-corrected chi connectivity index (χ0v) is 13.3. The lowest BCUT2D eigenvalue weighted by Gasteiger charge is -2.35. The van der Waals surface area contributed by atoms with Gasteiger partial charge in [0.2, 0.25) is 5.91 Å². The largest absolute Gasteiger partial charge is 0.399 e. The minimum atomic E-state index is 0.239. The Hall–Kier alpha value is -1.16.